The third-order valence-electron chi connectivity index (χ3n) is 17.9. The molecule has 6 aliphatic heterocycles. The van der Waals surface area contributed by atoms with E-state index in [-0.39, 0.29) is 95.9 Å². The van der Waals surface area contributed by atoms with E-state index in [0.29, 0.717) is 19.8 Å². The van der Waals surface area contributed by atoms with Gasteiger partial charge in [0.15, 0.2) is 18.9 Å². The van der Waals surface area contributed by atoms with Gasteiger partial charge in [-0.15, -0.1) is 0 Å². The average Bonchev–Trinajstić information content (AvgIpc) is 0.792. The molecule has 3 amide bonds. The number of methoxy groups -OCH3 is 18. The highest BCUT2D eigenvalue weighted by molar-refractivity contribution is 5.87. The fraction of sp³-hybridized carbons (Fsp3) is 0.864. The Hall–Kier alpha value is -3.57. The van der Waals surface area contributed by atoms with Crippen molar-refractivity contribution in [1.29, 1.82) is 0 Å². The van der Waals surface area contributed by atoms with Crippen LogP contribution in [0.5, 0.6) is 0 Å². The van der Waals surface area contributed by atoms with Crippen molar-refractivity contribution in [2.24, 2.45) is 0 Å². The first kappa shape index (κ1) is 90.8. The lowest BCUT2D eigenvalue weighted by molar-refractivity contribution is -0.346. The van der Waals surface area contributed by atoms with Crippen LogP contribution in [-0.4, -0.2) is 391 Å². The molecule has 0 saturated carbocycles. The van der Waals surface area contributed by atoms with E-state index >= 15 is 0 Å². The third-order valence-corrected chi connectivity index (χ3v) is 17.9. The predicted octanol–water partition coefficient (Wildman–Crippen LogP) is -1.52. The molecule has 0 aromatic heterocycles. The number of carbonyl (C=O) groups excluding carboxylic acids is 3. The van der Waals surface area contributed by atoms with Crippen LogP contribution in [0, 0.1) is 0 Å². The summed E-state index contributed by atoms with van der Waals surface area (Å²) in [5, 5.41) is 7.64. The molecule has 102 heavy (non-hydrogen) atoms. The van der Waals surface area contributed by atoms with Gasteiger partial charge in [0.2, 0.25) is 17.7 Å². The second-order valence-electron chi connectivity index (χ2n) is 23.4. The van der Waals surface area contributed by atoms with E-state index in [9.17, 15) is 14.4 Å². The van der Waals surface area contributed by atoms with Gasteiger partial charge in [-0.3, -0.25) is 14.4 Å². The largest absolute Gasteiger partial charge is 0.382 e. The number of nitrogens with one attached hydrogen (secondary N) is 3. The molecule has 27 unspecified atom stereocenters. The van der Waals surface area contributed by atoms with E-state index in [1.165, 1.54) is 0 Å². The quantitative estimate of drug-likeness (QED) is 0.0355. The molecular formula is C66H117N3O33. The highest BCUT2D eigenvalue weighted by atomic mass is 16.8. The summed E-state index contributed by atoms with van der Waals surface area (Å²) in [6.45, 7) is 12.3. The Morgan fingerprint density at radius 2 is 0.520 bits per heavy atom. The van der Waals surface area contributed by atoms with Crippen LogP contribution in [0.15, 0.2) is 38.0 Å². The second kappa shape index (κ2) is 50.1. The highest BCUT2D eigenvalue weighted by Gasteiger charge is 2.55. The lowest BCUT2D eigenvalue weighted by Gasteiger charge is -2.48. The van der Waals surface area contributed by atoms with Gasteiger partial charge in [0.1, 0.15) is 167 Å². The van der Waals surface area contributed by atoms with Gasteiger partial charge in [0.25, 0.3) is 0 Å². The lowest BCUT2D eigenvalue weighted by atomic mass is 9.97. The Morgan fingerprint density at radius 1 is 0.294 bits per heavy atom. The van der Waals surface area contributed by atoms with E-state index in [1.807, 2.05) is 0 Å². The Kier molecular flexibility index (Phi) is 44.6. The van der Waals surface area contributed by atoms with E-state index in [4.69, 9.17) is 142 Å². The summed E-state index contributed by atoms with van der Waals surface area (Å²) in [6, 6.07) is 0. The molecule has 27 atom stereocenters. The molecule has 36 nitrogen and oxygen atoms in total. The molecule has 6 aliphatic rings. The summed E-state index contributed by atoms with van der Waals surface area (Å²) >= 11 is 0. The molecule has 594 valence electrons. The van der Waals surface area contributed by atoms with Crippen LogP contribution < -0.4 is 16.0 Å². The highest BCUT2D eigenvalue weighted by Crippen LogP contribution is 2.36. The molecular weight excluding hydrogens is 1360 g/mol. The molecule has 6 heterocycles. The minimum absolute atomic E-state index is 0.0222. The van der Waals surface area contributed by atoms with Crippen molar-refractivity contribution in [3.05, 3.63) is 38.0 Å². The van der Waals surface area contributed by atoms with Crippen LogP contribution in [-0.2, 0) is 156 Å². The third kappa shape index (κ3) is 25.5. The second-order valence-corrected chi connectivity index (χ2v) is 23.4. The Bertz CT molecular complexity index is 2070. The maximum atomic E-state index is 11.4. The molecule has 6 saturated heterocycles. The van der Waals surface area contributed by atoms with Gasteiger partial charge in [-0.05, 0) is 18.2 Å². The molecule has 0 spiro atoms. The van der Waals surface area contributed by atoms with Crippen LogP contribution in [0.3, 0.4) is 0 Å². The molecule has 0 aromatic carbocycles. The number of amides is 3. The van der Waals surface area contributed by atoms with E-state index in [2.05, 4.69) is 35.7 Å². The summed E-state index contributed by atoms with van der Waals surface area (Å²) in [5.41, 5.74) is 0. The van der Waals surface area contributed by atoms with Crippen molar-refractivity contribution in [3.8, 4) is 0 Å². The van der Waals surface area contributed by atoms with Crippen LogP contribution in [0.25, 0.3) is 0 Å². The van der Waals surface area contributed by atoms with Crippen molar-refractivity contribution < 1.29 is 156 Å². The normalized spacial score (nSPS) is 36.2. The number of ether oxygens (including phenoxy) is 30. The minimum Gasteiger partial charge on any atom is -0.382 e. The monoisotopic (exact) mass is 1480 g/mol. The number of rotatable bonds is 42. The maximum Gasteiger partial charge on any atom is 0.245 e. The average molecular weight is 1480 g/mol. The summed E-state index contributed by atoms with van der Waals surface area (Å²) in [7, 11) is 28.2. The van der Waals surface area contributed by atoms with Crippen molar-refractivity contribution in [1.82, 2.24) is 16.0 Å². The summed E-state index contributed by atoms with van der Waals surface area (Å²) in [4.78, 5) is 34.1. The van der Waals surface area contributed by atoms with Crippen molar-refractivity contribution in [2.75, 3.05) is 208 Å². The van der Waals surface area contributed by atoms with E-state index in [0.717, 1.165) is 18.2 Å². The van der Waals surface area contributed by atoms with Crippen molar-refractivity contribution in [3.63, 3.8) is 0 Å². The zero-order valence-corrected chi connectivity index (χ0v) is 62.4. The maximum absolute atomic E-state index is 11.4. The molecule has 0 aromatic rings. The standard InChI is InChI=1S/3C22H39NO11/c3*1-8-16(24)23-12-31-10-15-18(28-5)20(29-6)21(30-7)22(33-15)34-19-14(9-25-2)32-11-13(26-3)17(19)27-4/h3*8,13-15,17-22H,1,9-12H2,2-7H3,(H,23,24). The molecule has 6 fully saturated rings. The summed E-state index contributed by atoms with van der Waals surface area (Å²) < 4.78 is 174. The lowest BCUT2D eigenvalue weighted by Crippen LogP contribution is -2.64. The molecule has 36 heteroatoms. The van der Waals surface area contributed by atoms with Crippen LogP contribution in [0.2, 0.25) is 0 Å². The van der Waals surface area contributed by atoms with Gasteiger partial charge in [-0.2, -0.15) is 0 Å². The zero-order chi connectivity index (χ0) is 75.3. The van der Waals surface area contributed by atoms with Crippen molar-refractivity contribution >= 4 is 17.7 Å². The van der Waals surface area contributed by atoms with Gasteiger partial charge in [0, 0.05) is 128 Å². The van der Waals surface area contributed by atoms with Crippen molar-refractivity contribution in [2.45, 2.75) is 165 Å². The fourth-order valence-corrected chi connectivity index (χ4v) is 12.7. The topological polar surface area (TPSA) is 364 Å². The number of carbonyl (C=O) groups is 3. The zero-order valence-electron chi connectivity index (χ0n) is 62.4. The Balaban J connectivity index is 0.000000324. The summed E-state index contributed by atoms with van der Waals surface area (Å²) in [5.74, 6) is -1.03. The SMILES string of the molecule is C=CC(=O)NCOCC1OC(OC2C(COC)OCC(OC)C2OC)C(OC)C(OC)C1OC.C=CC(=O)NCOCC1OC(OC2C(COC)OCC(OC)C2OC)C(OC)C(OC)C1OC.C=CC(=O)NCOCC1OC(OC2C(COC)OCC(OC)C2OC)C(OC)C(OC)C1OC. The first-order valence-corrected chi connectivity index (χ1v) is 33.1. The first-order chi connectivity index (χ1) is 49.5. The van der Waals surface area contributed by atoms with Gasteiger partial charge in [-0.1, -0.05) is 19.7 Å². The molecule has 0 aliphatic carbocycles. The van der Waals surface area contributed by atoms with Gasteiger partial charge >= 0.3 is 0 Å². The van der Waals surface area contributed by atoms with Crippen LogP contribution in [0.1, 0.15) is 0 Å². The minimum atomic E-state index is -0.876. The predicted molar refractivity (Wildman–Crippen MR) is 355 cm³/mol. The molecule has 6 rings (SSSR count). The number of hydrogen-bond donors (Lipinski definition) is 3. The Morgan fingerprint density at radius 3 is 0.706 bits per heavy atom. The molecule has 0 bridgehead atoms. The number of hydrogen-bond acceptors (Lipinski definition) is 33. The smallest absolute Gasteiger partial charge is 0.245 e. The molecule has 3 N–H and O–H groups in total. The Labute approximate surface area is 599 Å². The van der Waals surface area contributed by atoms with Gasteiger partial charge < -0.3 is 158 Å². The summed E-state index contributed by atoms with van der Waals surface area (Å²) in [6.07, 6.45) is -11.3. The molecule has 0 radical (unpaired) electrons. The van der Waals surface area contributed by atoms with E-state index in [1.54, 1.807) is 128 Å². The van der Waals surface area contributed by atoms with Gasteiger partial charge in [0.05, 0.1) is 59.5 Å². The van der Waals surface area contributed by atoms with Crippen LogP contribution in [0.4, 0.5) is 0 Å². The fourth-order valence-electron chi connectivity index (χ4n) is 12.7. The first-order valence-electron chi connectivity index (χ1n) is 33.1. The van der Waals surface area contributed by atoms with Crippen LogP contribution >= 0.6 is 0 Å². The van der Waals surface area contributed by atoms with Gasteiger partial charge in [-0.25, -0.2) is 0 Å². The van der Waals surface area contributed by atoms with E-state index < -0.39 is 147 Å².